The number of halogens is 1. The van der Waals surface area contributed by atoms with Crippen molar-refractivity contribution in [1.82, 2.24) is 24.9 Å². The van der Waals surface area contributed by atoms with Crippen LogP contribution in [0.15, 0.2) is 18.5 Å². The number of aromatic nitrogens is 4. The Labute approximate surface area is 141 Å². The fourth-order valence-corrected chi connectivity index (χ4v) is 2.38. The topological polar surface area (TPSA) is 64.7 Å². The van der Waals surface area contributed by atoms with Crippen LogP contribution in [0.2, 0.25) is 5.02 Å². The minimum atomic E-state index is -0.108. The standard InChI is InChI=1S/C16H22ClN5O/c1-4-22-13(3)14(10-19-22)6-7-16(23)18-8-5-9-21-11-15(17)12(2)20-21/h6-7,10-11H,4-5,8-9H2,1-3H3,(H,18,23)/b7-6+. The maximum Gasteiger partial charge on any atom is 0.244 e. The van der Waals surface area contributed by atoms with Gasteiger partial charge in [-0.15, -0.1) is 0 Å². The molecule has 124 valence electrons. The molecule has 0 aliphatic rings. The normalized spacial score (nSPS) is 11.3. The van der Waals surface area contributed by atoms with Crippen LogP contribution < -0.4 is 5.32 Å². The highest BCUT2D eigenvalue weighted by Gasteiger charge is 2.03. The lowest BCUT2D eigenvalue weighted by Crippen LogP contribution is -2.23. The van der Waals surface area contributed by atoms with Gasteiger partial charge < -0.3 is 5.32 Å². The molecule has 0 aliphatic heterocycles. The fourth-order valence-electron chi connectivity index (χ4n) is 2.23. The van der Waals surface area contributed by atoms with Crippen molar-refractivity contribution in [2.45, 2.75) is 40.3 Å². The molecular weight excluding hydrogens is 314 g/mol. The molecule has 0 saturated heterocycles. The smallest absolute Gasteiger partial charge is 0.244 e. The van der Waals surface area contributed by atoms with Crippen molar-refractivity contribution in [1.29, 1.82) is 0 Å². The Morgan fingerprint density at radius 2 is 2.22 bits per heavy atom. The number of nitrogens with one attached hydrogen (secondary N) is 1. The van der Waals surface area contributed by atoms with Crippen LogP contribution in [0.4, 0.5) is 0 Å². The molecule has 0 saturated carbocycles. The highest BCUT2D eigenvalue weighted by molar-refractivity contribution is 6.31. The van der Waals surface area contributed by atoms with Crippen LogP contribution in [0.3, 0.4) is 0 Å². The van der Waals surface area contributed by atoms with Gasteiger partial charge in [0.15, 0.2) is 0 Å². The van der Waals surface area contributed by atoms with E-state index >= 15 is 0 Å². The third kappa shape index (κ3) is 4.69. The van der Waals surface area contributed by atoms with Crippen LogP contribution in [0.25, 0.3) is 6.08 Å². The summed E-state index contributed by atoms with van der Waals surface area (Å²) in [7, 11) is 0. The van der Waals surface area contributed by atoms with Gasteiger partial charge in [-0.05, 0) is 33.3 Å². The van der Waals surface area contributed by atoms with Gasteiger partial charge in [0.1, 0.15) is 0 Å². The largest absolute Gasteiger partial charge is 0.352 e. The van der Waals surface area contributed by atoms with Gasteiger partial charge in [0, 0.05) is 43.2 Å². The number of hydrogen-bond acceptors (Lipinski definition) is 3. The molecule has 1 amide bonds. The van der Waals surface area contributed by atoms with E-state index in [-0.39, 0.29) is 5.91 Å². The van der Waals surface area contributed by atoms with Crippen molar-refractivity contribution in [3.8, 4) is 0 Å². The van der Waals surface area contributed by atoms with Gasteiger partial charge >= 0.3 is 0 Å². The van der Waals surface area contributed by atoms with Crippen molar-refractivity contribution >= 4 is 23.6 Å². The van der Waals surface area contributed by atoms with Gasteiger partial charge in [-0.3, -0.25) is 14.2 Å². The van der Waals surface area contributed by atoms with Gasteiger partial charge in [-0.2, -0.15) is 10.2 Å². The summed E-state index contributed by atoms with van der Waals surface area (Å²) < 4.78 is 3.69. The molecule has 2 rings (SSSR count). The van der Waals surface area contributed by atoms with E-state index in [0.29, 0.717) is 11.6 Å². The van der Waals surface area contributed by atoms with E-state index in [1.54, 1.807) is 29.2 Å². The van der Waals surface area contributed by atoms with Crippen LogP contribution in [0.5, 0.6) is 0 Å². The molecule has 2 aromatic heterocycles. The van der Waals surface area contributed by atoms with E-state index in [1.165, 1.54) is 0 Å². The molecule has 0 aliphatic carbocycles. The van der Waals surface area contributed by atoms with Gasteiger partial charge in [0.05, 0.1) is 16.9 Å². The van der Waals surface area contributed by atoms with Crippen molar-refractivity contribution < 1.29 is 4.79 Å². The zero-order valence-corrected chi connectivity index (χ0v) is 14.5. The quantitative estimate of drug-likeness (QED) is 0.624. The molecular formula is C16H22ClN5O. The predicted molar refractivity (Wildman–Crippen MR) is 91.3 cm³/mol. The summed E-state index contributed by atoms with van der Waals surface area (Å²) in [5.41, 5.74) is 2.84. The number of nitrogens with zero attached hydrogens (tertiary/aromatic N) is 4. The number of hydrogen-bond donors (Lipinski definition) is 1. The lowest BCUT2D eigenvalue weighted by Gasteiger charge is -2.03. The molecule has 0 bridgehead atoms. The maximum absolute atomic E-state index is 11.8. The molecule has 6 nitrogen and oxygen atoms in total. The number of rotatable bonds is 7. The van der Waals surface area contributed by atoms with E-state index in [9.17, 15) is 4.79 Å². The van der Waals surface area contributed by atoms with Crippen molar-refractivity contribution in [3.05, 3.63) is 40.4 Å². The van der Waals surface area contributed by atoms with Gasteiger partial charge in [0.2, 0.25) is 5.91 Å². The van der Waals surface area contributed by atoms with Crippen LogP contribution >= 0.6 is 11.6 Å². The first-order valence-electron chi connectivity index (χ1n) is 7.69. The van der Waals surface area contributed by atoms with Gasteiger partial charge in [-0.25, -0.2) is 0 Å². The zero-order valence-electron chi connectivity index (χ0n) is 13.7. The average molecular weight is 336 g/mol. The van der Waals surface area contributed by atoms with Gasteiger partial charge in [0.25, 0.3) is 0 Å². The van der Waals surface area contributed by atoms with Gasteiger partial charge in [-0.1, -0.05) is 11.6 Å². The van der Waals surface area contributed by atoms with E-state index in [4.69, 9.17) is 11.6 Å². The summed E-state index contributed by atoms with van der Waals surface area (Å²) in [5.74, 6) is -0.108. The second-order valence-electron chi connectivity index (χ2n) is 5.30. The molecule has 23 heavy (non-hydrogen) atoms. The first-order valence-corrected chi connectivity index (χ1v) is 8.07. The summed E-state index contributed by atoms with van der Waals surface area (Å²) in [6.45, 7) is 8.03. The number of amides is 1. The van der Waals surface area contributed by atoms with Crippen molar-refractivity contribution in [3.63, 3.8) is 0 Å². The maximum atomic E-state index is 11.8. The Morgan fingerprint density at radius 1 is 1.43 bits per heavy atom. The molecule has 1 N–H and O–H groups in total. The van der Waals surface area contributed by atoms with Crippen LogP contribution in [-0.4, -0.2) is 32.0 Å². The molecule has 0 spiro atoms. The van der Waals surface area contributed by atoms with Crippen LogP contribution in [0, 0.1) is 13.8 Å². The minimum Gasteiger partial charge on any atom is -0.352 e. The predicted octanol–water partition coefficient (Wildman–Crippen LogP) is 2.59. The average Bonchev–Trinajstić information content (AvgIpc) is 3.04. The number of aryl methyl sites for hydroxylation is 3. The lowest BCUT2D eigenvalue weighted by atomic mass is 10.2. The monoisotopic (exact) mass is 335 g/mol. The summed E-state index contributed by atoms with van der Waals surface area (Å²) in [6, 6.07) is 0. The first kappa shape index (κ1) is 17.3. The number of carbonyl (C=O) groups is 1. The second kappa shape index (κ2) is 7.97. The highest BCUT2D eigenvalue weighted by Crippen LogP contribution is 2.12. The first-order chi connectivity index (χ1) is 11.0. The molecule has 7 heteroatoms. The summed E-state index contributed by atoms with van der Waals surface area (Å²) >= 11 is 5.95. The highest BCUT2D eigenvalue weighted by atomic mass is 35.5. The summed E-state index contributed by atoms with van der Waals surface area (Å²) in [4.78, 5) is 11.8. The Kier molecular flexibility index (Phi) is 5.98. The number of carbonyl (C=O) groups excluding carboxylic acids is 1. The Morgan fingerprint density at radius 3 is 2.83 bits per heavy atom. The van der Waals surface area contributed by atoms with E-state index < -0.39 is 0 Å². The minimum absolute atomic E-state index is 0.108. The molecule has 0 fully saturated rings. The molecule has 0 atom stereocenters. The molecule has 2 heterocycles. The third-order valence-electron chi connectivity index (χ3n) is 3.60. The van der Waals surface area contributed by atoms with Crippen LogP contribution in [-0.2, 0) is 17.9 Å². The Bertz CT molecular complexity index is 682. The molecule has 0 aromatic carbocycles. The summed E-state index contributed by atoms with van der Waals surface area (Å²) in [6.07, 6.45) is 7.70. The fraction of sp³-hybridized carbons (Fsp3) is 0.438. The molecule has 0 unspecified atom stereocenters. The van der Waals surface area contributed by atoms with Crippen LogP contribution in [0.1, 0.15) is 30.3 Å². The second-order valence-corrected chi connectivity index (χ2v) is 5.71. The zero-order chi connectivity index (χ0) is 16.8. The van der Waals surface area contributed by atoms with E-state index in [0.717, 1.165) is 36.5 Å². The van der Waals surface area contributed by atoms with Crippen molar-refractivity contribution in [2.75, 3.05) is 6.54 Å². The third-order valence-corrected chi connectivity index (χ3v) is 3.98. The summed E-state index contributed by atoms with van der Waals surface area (Å²) in [5, 5.41) is 12.0. The Balaban J connectivity index is 1.74. The SMILES string of the molecule is CCn1ncc(/C=C/C(=O)NCCCn2cc(Cl)c(C)n2)c1C. The van der Waals surface area contributed by atoms with E-state index in [1.807, 2.05) is 25.5 Å². The van der Waals surface area contributed by atoms with Crippen molar-refractivity contribution in [2.24, 2.45) is 0 Å². The van der Waals surface area contributed by atoms with E-state index in [2.05, 4.69) is 15.5 Å². The molecule has 2 aromatic rings. The Hall–Kier alpha value is -2.08. The lowest BCUT2D eigenvalue weighted by molar-refractivity contribution is -0.116. The molecule has 0 radical (unpaired) electrons.